The molecule has 1 aliphatic rings. The Bertz CT molecular complexity index is 600. The Morgan fingerprint density at radius 2 is 1.58 bits per heavy atom. The minimum absolute atomic E-state index is 0.265. The van der Waals surface area contributed by atoms with Gasteiger partial charge in [-0.2, -0.15) is 0 Å². The Kier molecular flexibility index (Phi) is 3.03. The van der Waals surface area contributed by atoms with Crippen molar-refractivity contribution in [2.75, 3.05) is 0 Å². The van der Waals surface area contributed by atoms with Crippen LogP contribution in [0.1, 0.15) is 32.0 Å². The van der Waals surface area contributed by atoms with Gasteiger partial charge in [0.15, 0.2) is 0 Å². The molecular formula is C15H14Cl2N2. The lowest BCUT2D eigenvalue weighted by atomic mass is 10.1. The summed E-state index contributed by atoms with van der Waals surface area (Å²) in [6, 6.07) is 9.75. The first-order chi connectivity index (χ1) is 8.99. The van der Waals surface area contributed by atoms with Crippen molar-refractivity contribution in [1.82, 2.24) is 9.97 Å². The van der Waals surface area contributed by atoms with Crippen LogP contribution in [0.2, 0.25) is 10.3 Å². The highest BCUT2D eigenvalue weighted by molar-refractivity contribution is 6.37. The van der Waals surface area contributed by atoms with Crippen molar-refractivity contribution in [3.63, 3.8) is 0 Å². The average molecular weight is 293 g/mol. The highest BCUT2D eigenvalue weighted by atomic mass is 35.5. The molecule has 0 radical (unpaired) electrons. The first kappa shape index (κ1) is 12.9. The second kappa shape index (κ2) is 4.46. The van der Waals surface area contributed by atoms with Crippen LogP contribution in [0.25, 0.3) is 11.1 Å². The van der Waals surface area contributed by atoms with Crippen molar-refractivity contribution < 1.29 is 0 Å². The van der Waals surface area contributed by atoms with Crippen LogP contribution in [0, 0.1) is 5.41 Å². The molecule has 1 unspecified atom stereocenters. The number of hydrogen-bond donors (Lipinski definition) is 0. The third-order valence-electron chi connectivity index (χ3n) is 3.73. The molecular weight excluding hydrogens is 279 g/mol. The minimum atomic E-state index is 0.265. The molecule has 1 aromatic heterocycles. The van der Waals surface area contributed by atoms with Gasteiger partial charge >= 0.3 is 0 Å². The smallest absolute Gasteiger partial charge is 0.142 e. The van der Waals surface area contributed by atoms with Crippen LogP contribution in [0.4, 0.5) is 0 Å². The summed E-state index contributed by atoms with van der Waals surface area (Å²) in [7, 11) is 0. The van der Waals surface area contributed by atoms with Crippen LogP contribution >= 0.6 is 23.2 Å². The van der Waals surface area contributed by atoms with Gasteiger partial charge in [-0.05, 0) is 17.4 Å². The van der Waals surface area contributed by atoms with E-state index in [1.165, 1.54) is 0 Å². The van der Waals surface area contributed by atoms with Gasteiger partial charge in [0.25, 0.3) is 0 Å². The molecule has 0 N–H and O–H groups in total. The quantitative estimate of drug-likeness (QED) is 0.731. The molecule has 0 bridgehead atoms. The molecule has 2 nitrogen and oxygen atoms in total. The first-order valence-electron chi connectivity index (χ1n) is 6.27. The van der Waals surface area contributed by atoms with Gasteiger partial charge in [-0.3, -0.25) is 0 Å². The Morgan fingerprint density at radius 3 is 2.05 bits per heavy atom. The van der Waals surface area contributed by atoms with Gasteiger partial charge in [-0.15, -0.1) is 0 Å². The van der Waals surface area contributed by atoms with Gasteiger partial charge in [0.1, 0.15) is 16.1 Å². The lowest BCUT2D eigenvalue weighted by molar-refractivity contribution is 0.608. The normalized spacial score (nSPS) is 20.3. The molecule has 1 aromatic carbocycles. The fourth-order valence-electron chi connectivity index (χ4n) is 2.33. The molecule has 0 aliphatic heterocycles. The molecule has 0 spiro atoms. The molecule has 1 fully saturated rings. The molecule has 19 heavy (non-hydrogen) atoms. The van der Waals surface area contributed by atoms with E-state index in [-0.39, 0.29) is 5.41 Å². The largest absolute Gasteiger partial charge is 0.220 e. The number of benzene rings is 1. The second-order valence-corrected chi connectivity index (χ2v) is 6.37. The molecule has 2 aromatic rings. The monoisotopic (exact) mass is 292 g/mol. The summed E-state index contributed by atoms with van der Waals surface area (Å²) in [5, 5.41) is 0.868. The lowest BCUT2D eigenvalue weighted by Crippen LogP contribution is -2.00. The van der Waals surface area contributed by atoms with E-state index in [1.54, 1.807) is 0 Å². The van der Waals surface area contributed by atoms with Crippen molar-refractivity contribution in [3.05, 3.63) is 46.5 Å². The number of aromatic nitrogens is 2. The molecule has 1 aliphatic carbocycles. The lowest BCUT2D eigenvalue weighted by Gasteiger charge is -2.09. The van der Waals surface area contributed by atoms with E-state index < -0.39 is 0 Å². The van der Waals surface area contributed by atoms with E-state index in [0.29, 0.717) is 21.8 Å². The SMILES string of the molecule is CC1(C)CC1c1nc(Cl)c(-c2ccccc2)c(Cl)n1. The summed E-state index contributed by atoms with van der Waals surface area (Å²) in [6.07, 6.45) is 1.09. The summed E-state index contributed by atoms with van der Waals surface area (Å²) in [6.45, 7) is 4.40. The molecule has 98 valence electrons. The van der Waals surface area contributed by atoms with Gasteiger partial charge in [0.05, 0.1) is 5.56 Å². The summed E-state index contributed by atoms with van der Waals surface area (Å²) in [5.74, 6) is 1.13. The third kappa shape index (κ3) is 2.35. The van der Waals surface area contributed by atoms with E-state index in [2.05, 4.69) is 23.8 Å². The Morgan fingerprint density at radius 1 is 1.05 bits per heavy atom. The number of hydrogen-bond acceptors (Lipinski definition) is 2. The van der Waals surface area contributed by atoms with Crippen LogP contribution in [-0.4, -0.2) is 9.97 Å². The Hall–Kier alpha value is -1.12. The second-order valence-electron chi connectivity index (χ2n) is 5.65. The maximum atomic E-state index is 6.30. The van der Waals surface area contributed by atoms with E-state index in [0.717, 1.165) is 17.8 Å². The first-order valence-corrected chi connectivity index (χ1v) is 7.03. The van der Waals surface area contributed by atoms with E-state index in [4.69, 9.17) is 23.2 Å². The predicted octanol–water partition coefficient (Wildman–Crippen LogP) is 4.96. The topological polar surface area (TPSA) is 25.8 Å². The van der Waals surface area contributed by atoms with Gasteiger partial charge < -0.3 is 0 Å². The summed E-state index contributed by atoms with van der Waals surface area (Å²) >= 11 is 12.6. The zero-order chi connectivity index (χ0) is 13.6. The van der Waals surface area contributed by atoms with Crippen molar-refractivity contribution in [1.29, 1.82) is 0 Å². The summed E-state index contributed by atoms with van der Waals surface area (Å²) < 4.78 is 0. The maximum Gasteiger partial charge on any atom is 0.142 e. The van der Waals surface area contributed by atoms with Crippen LogP contribution in [0.3, 0.4) is 0 Å². The predicted molar refractivity (Wildman–Crippen MR) is 78.6 cm³/mol. The molecule has 1 heterocycles. The number of nitrogens with zero attached hydrogens (tertiary/aromatic N) is 2. The molecule has 0 amide bonds. The molecule has 1 saturated carbocycles. The fourth-order valence-corrected chi connectivity index (χ4v) is 2.95. The minimum Gasteiger partial charge on any atom is -0.220 e. The third-order valence-corrected chi connectivity index (χ3v) is 4.27. The van der Waals surface area contributed by atoms with Gasteiger partial charge in [0.2, 0.25) is 0 Å². The molecule has 1 atom stereocenters. The van der Waals surface area contributed by atoms with Crippen LogP contribution < -0.4 is 0 Å². The van der Waals surface area contributed by atoms with Crippen molar-refractivity contribution in [2.24, 2.45) is 5.41 Å². The summed E-state index contributed by atoms with van der Waals surface area (Å²) in [5.41, 5.74) is 1.92. The Labute approximate surface area is 122 Å². The molecule has 0 saturated heterocycles. The van der Waals surface area contributed by atoms with Crippen LogP contribution in [0.5, 0.6) is 0 Å². The Balaban J connectivity index is 2.05. The number of halogens is 2. The zero-order valence-corrected chi connectivity index (χ0v) is 12.3. The summed E-state index contributed by atoms with van der Waals surface area (Å²) in [4.78, 5) is 8.88. The van der Waals surface area contributed by atoms with Crippen LogP contribution in [-0.2, 0) is 0 Å². The van der Waals surface area contributed by atoms with E-state index in [1.807, 2.05) is 30.3 Å². The van der Waals surface area contributed by atoms with Crippen molar-refractivity contribution >= 4 is 23.2 Å². The van der Waals surface area contributed by atoms with Crippen LogP contribution in [0.15, 0.2) is 30.3 Å². The van der Waals surface area contributed by atoms with Crippen molar-refractivity contribution in [2.45, 2.75) is 26.2 Å². The molecule has 4 heteroatoms. The van der Waals surface area contributed by atoms with Gasteiger partial charge in [-0.1, -0.05) is 67.4 Å². The number of rotatable bonds is 2. The fraction of sp³-hybridized carbons (Fsp3) is 0.333. The van der Waals surface area contributed by atoms with E-state index in [9.17, 15) is 0 Å². The zero-order valence-electron chi connectivity index (χ0n) is 10.8. The highest BCUT2D eigenvalue weighted by Gasteiger charge is 2.48. The van der Waals surface area contributed by atoms with Crippen molar-refractivity contribution in [3.8, 4) is 11.1 Å². The maximum absolute atomic E-state index is 6.30. The van der Waals surface area contributed by atoms with Gasteiger partial charge in [0, 0.05) is 5.92 Å². The van der Waals surface area contributed by atoms with Gasteiger partial charge in [-0.25, -0.2) is 9.97 Å². The standard InChI is InChI=1S/C15H14Cl2N2/c1-15(2)8-10(15)14-18-12(16)11(13(17)19-14)9-6-4-3-5-7-9/h3-7,10H,8H2,1-2H3. The highest BCUT2D eigenvalue weighted by Crippen LogP contribution is 2.58. The molecule has 3 rings (SSSR count). The van der Waals surface area contributed by atoms with E-state index >= 15 is 0 Å². The average Bonchev–Trinajstić information content (AvgIpc) is 2.99.